The fraction of sp³-hybridized carbons (Fsp3) is 0.500. The van der Waals surface area contributed by atoms with Gasteiger partial charge in [0.25, 0.3) is 11.9 Å². The molecule has 10 unspecified atom stereocenters. The summed E-state index contributed by atoms with van der Waals surface area (Å²) in [7, 11) is 0. The molecule has 0 aliphatic carbocycles. The van der Waals surface area contributed by atoms with Crippen LogP contribution in [0.3, 0.4) is 0 Å². The minimum absolute atomic E-state index is 0.0365. The van der Waals surface area contributed by atoms with E-state index in [1.807, 2.05) is 84.0 Å². The van der Waals surface area contributed by atoms with E-state index >= 15 is 9.59 Å². The minimum Gasteiger partial charge on any atom is -0.508 e. The van der Waals surface area contributed by atoms with Gasteiger partial charge in [-0.3, -0.25) is 77.3 Å². The fourth-order valence-corrected chi connectivity index (χ4v) is 12.8. The molecular weight excluding hydrogens is 1570 g/mol. The molecule has 1 saturated heterocycles. The minimum atomic E-state index is -1.82. The molecule has 2 heterocycles. The Hall–Kier alpha value is -12.0. The molecule has 36 heteroatoms. The average molecular weight is 1690 g/mol. The van der Waals surface area contributed by atoms with Gasteiger partial charge in [0.2, 0.25) is 65.0 Å². The molecule has 11 amide bonds. The van der Waals surface area contributed by atoms with Crippen molar-refractivity contribution in [1.29, 1.82) is 0 Å². The Morgan fingerprint density at radius 2 is 0.917 bits per heavy atom. The number of aromatic nitrogens is 1. The summed E-state index contributed by atoms with van der Waals surface area (Å²) in [5, 5.41) is 75.8. The summed E-state index contributed by atoms with van der Waals surface area (Å²) >= 11 is 6.26. The van der Waals surface area contributed by atoms with E-state index in [-0.39, 0.29) is 76.0 Å². The number of phenolic OH excluding ortho intramolecular Hbond substituents is 1. The van der Waals surface area contributed by atoms with Crippen molar-refractivity contribution in [1.82, 2.24) is 79.0 Å². The van der Waals surface area contributed by atoms with E-state index in [2.05, 4.69) is 84.1 Å². The van der Waals surface area contributed by atoms with E-state index in [4.69, 9.17) is 37.1 Å². The van der Waals surface area contributed by atoms with Crippen molar-refractivity contribution in [3.8, 4) is 5.75 Å². The van der Waals surface area contributed by atoms with Crippen molar-refractivity contribution in [2.45, 2.75) is 213 Å². The Labute approximate surface area is 705 Å². The number of pyridine rings is 1. The summed E-state index contributed by atoms with van der Waals surface area (Å²) in [6, 6.07) is 15.3. The number of benzene rings is 4. The number of nitrogens with zero attached hydrogens (tertiary/aromatic N) is 4. The van der Waals surface area contributed by atoms with Crippen LogP contribution in [-0.4, -0.2) is 232 Å². The lowest BCUT2D eigenvalue weighted by Gasteiger charge is -2.31. The maximum Gasteiger partial charge on any atom is 0.300 e. The average Bonchev–Trinajstić information content (AvgIpc) is 0.871. The quantitative estimate of drug-likeness (QED) is 0.0151. The number of aliphatic imine (C=N–C) groups is 2. The lowest BCUT2D eigenvalue weighted by Crippen LogP contribution is -2.61. The standard InChI is InChI=1S/C80H113ClN18O13.2C2H4O2/c1-9-84-79(85-10-2)88-38-17-15-24-60(70(104)94-62(41-49(5)6)71(105)93-61(25-16-18-39-89-80(86-11-3)87-12-4)78(112)99-40-20-26-68(99)77(111)90-50(7)69(82)103)92-73(107)64(44-53-30-35-59(102)36-31-53)97-76(110)67(48-100)98-75(109)66(46-55-21-19-37-83-47-55)96-74(108)65(43-52-28-33-58(81)34-29-52)95-72(106)63(91-51(8)101)45-54-27-32-56-22-13-14-23-57(56)42-54;2*1-2(3)4/h13-14,19,21-23,27-37,42,47,49-50,60-68,100,102H,9-12,15-18,20,24-26,38-41,43-46,48H2,1-8H3,(H2,82,103)(H,90,111)(H,91,101)(H,92,107)(H,93,105)(H,94,104)(H,95,106)(H,96,108)(H,97,110)(H,98,109)(H2,84,85,88)(H2,86,87,89);2*1H3,(H,3,4). The number of amides is 11. The molecule has 1 aliphatic rings. The first-order valence-corrected chi connectivity index (χ1v) is 40.8. The van der Waals surface area contributed by atoms with Crippen LogP contribution in [0, 0.1) is 5.92 Å². The van der Waals surface area contributed by atoms with Crippen molar-refractivity contribution < 1.29 is 82.8 Å². The molecule has 0 radical (unpaired) electrons. The van der Waals surface area contributed by atoms with Gasteiger partial charge in [0.05, 0.1) is 6.61 Å². The van der Waals surface area contributed by atoms with Crippen LogP contribution < -0.4 is 74.9 Å². The van der Waals surface area contributed by atoms with Crippen molar-refractivity contribution in [3.63, 3.8) is 0 Å². The summed E-state index contributed by atoms with van der Waals surface area (Å²) in [6.07, 6.45) is 4.77. The van der Waals surface area contributed by atoms with Crippen LogP contribution in [0.5, 0.6) is 5.75 Å². The van der Waals surface area contributed by atoms with Gasteiger partial charge in [-0.15, -0.1) is 0 Å². The van der Waals surface area contributed by atoms with Crippen LogP contribution in [0.2, 0.25) is 5.02 Å². The third kappa shape index (κ3) is 37.7. The van der Waals surface area contributed by atoms with Crippen molar-refractivity contribution >= 4 is 111 Å². The summed E-state index contributed by atoms with van der Waals surface area (Å²) in [5.74, 6) is -9.39. The number of primary amides is 1. The zero-order chi connectivity index (χ0) is 88.8. The molecule has 35 nitrogen and oxygen atoms in total. The van der Waals surface area contributed by atoms with Gasteiger partial charge in [0.15, 0.2) is 11.9 Å². The Balaban J connectivity index is 0.00000361. The molecule has 6 rings (SSSR count). The first-order chi connectivity index (χ1) is 57.2. The van der Waals surface area contributed by atoms with Crippen molar-refractivity contribution in [2.75, 3.05) is 52.4 Å². The number of aliphatic hydroxyl groups is 1. The first kappa shape index (κ1) is 100. The molecule has 19 N–H and O–H groups in total. The highest BCUT2D eigenvalue weighted by molar-refractivity contribution is 6.30. The number of aliphatic carboxylic acids is 2. The number of hydrogen-bond donors (Lipinski definition) is 18. The van der Waals surface area contributed by atoms with Gasteiger partial charge in [-0.25, -0.2) is 0 Å². The molecule has 1 aromatic heterocycles. The number of guanidine groups is 2. The fourth-order valence-electron chi connectivity index (χ4n) is 12.7. The molecule has 10 atom stereocenters. The van der Waals surface area contributed by atoms with Gasteiger partial charge < -0.3 is 100 Å². The van der Waals surface area contributed by atoms with E-state index in [0.29, 0.717) is 104 Å². The molecule has 0 bridgehead atoms. The van der Waals surface area contributed by atoms with E-state index in [0.717, 1.165) is 24.6 Å². The Morgan fingerprint density at radius 3 is 1.39 bits per heavy atom. The third-order valence-corrected chi connectivity index (χ3v) is 18.7. The summed E-state index contributed by atoms with van der Waals surface area (Å²) in [4.78, 5) is 190. The normalized spacial score (nSPS) is 14.2. The van der Waals surface area contributed by atoms with Crippen LogP contribution >= 0.6 is 11.6 Å². The number of likely N-dealkylation sites (tertiary alicyclic amines) is 1. The highest BCUT2D eigenvalue weighted by Crippen LogP contribution is 2.23. The SMILES string of the molecule is CC(=O)O.CC(=O)O.CCNC(=NCCCCC(NC(=O)C(Cc1ccc(O)cc1)NC(=O)C(CO)NC(=O)C(Cc1cccnc1)NC(=O)C(Cc1ccc(Cl)cc1)NC(=O)C(Cc1ccc2ccccc2c1)NC(C)=O)C(=O)NC(CC(C)C)C(=O)NC(CCCCN=C(NCC)NCC)C(=O)N1CCCC1C(=O)NC(C)C(N)=O)NCC. The summed E-state index contributed by atoms with van der Waals surface area (Å²) < 4.78 is 0. The number of aromatic hydroxyl groups is 1. The van der Waals surface area contributed by atoms with Gasteiger partial charge >= 0.3 is 0 Å². The number of carboxylic acid groups (broad SMARTS) is 2. The molecule has 1 fully saturated rings. The topological polar surface area (TPSA) is 526 Å². The number of nitrogens with one attached hydrogen (secondary N) is 13. The van der Waals surface area contributed by atoms with Crippen molar-refractivity contribution in [3.05, 3.63) is 143 Å². The monoisotopic (exact) mass is 1690 g/mol. The van der Waals surface area contributed by atoms with Gasteiger partial charge in [-0.1, -0.05) is 98.2 Å². The number of rotatable bonds is 44. The molecule has 656 valence electrons. The zero-order valence-electron chi connectivity index (χ0n) is 70.0. The van der Waals surface area contributed by atoms with Gasteiger partial charge in [0.1, 0.15) is 66.2 Å². The number of fused-ring (bicyclic) bond motifs is 1. The van der Waals surface area contributed by atoms with Crippen LogP contribution in [0.15, 0.2) is 126 Å². The maximum absolute atomic E-state index is 15.2. The molecule has 0 saturated carbocycles. The lowest BCUT2D eigenvalue weighted by molar-refractivity contribution is -0.142. The van der Waals surface area contributed by atoms with E-state index in [1.54, 1.807) is 36.4 Å². The Morgan fingerprint density at radius 1 is 0.500 bits per heavy atom. The second kappa shape index (κ2) is 54.1. The molecule has 0 spiro atoms. The predicted octanol–water partition coefficient (Wildman–Crippen LogP) is 2.45. The van der Waals surface area contributed by atoms with Gasteiger partial charge in [-0.05, 0) is 162 Å². The smallest absolute Gasteiger partial charge is 0.300 e. The number of phenols is 1. The highest BCUT2D eigenvalue weighted by Gasteiger charge is 2.40. The summed E-state index contributed by atoms with van der Waals surface area (Å²) in [5.41, 5.74) is 7.61. The maximum atomic E-state index is 15.2. The number of carboxylic acids is 2. The second-order valence-electron chi connectivity index (χ2n) is 29.1. The van der Waals surface area contributed by atoms with Crippen LogP contribution in [0.1, 0.15) is 149 Å². The van der Waals surface area contributed by atoms with E-state index in [9.17, 15) is 53.4 Å². The molecule has 5 aromatic rings. The van der Waals surface area contributed by atoms with Gasteiger partial charge in [0, 0.05) is 110 Å². The van der Waals surface area contributed by atoms with Crippen molar-refractivity contribution in [2.24, 2.45) is 21.6 Å². The number of hydrogen-bond acceptors (Lipinski definition) is 18. The Kier molecular flexibility index (Phi) is 45.3. The number of nitrogens with two attached hydrogens (primary N) is 1. The molecule has 120 heavy (non-hydrogen) atoms. The third-order valence-electron chi connectivity index (χ3n) is 18.5. The molecule has 1 aliphatic heterocycles. The second-order valence-corrected chi connectivity index (χ2v) is 29.5. The number of carbonyl (C=O) groups excluding carboxylic acids is 11. The largest absolute Gasteiger partial charge is 0.508 e. The van der Waals surface area contributed by atoms with E-state index < -0.39 is 144 Å². The Bertz CT molecular complexity index is 4180. The van der Waals surface area contributed by atoms with E-state index in [1.165, 1.54) is 55.4 Å². The highest BCUT2D eigenvalue weighted by atomic mass is 35.5. The lowest BCUT2D eigenvalue weighted by atomic mass is 9.99. The predicted molar refractivity (Wildman–Crippen MR) is 455 cm³/mol. The van der Waals surface area contributed by atoms with Crippen LogP contribution in [0.4, 0.5) is 0 Å². The molecule has 4 aromatic carbocycles. The number of carbonyl (C=O) groups is 13. The van der Waals surface area contributed by atoms with Crippen LogP contribution in [0.25, 0.3) is 10.8 Å². The zero-order valence-corrected chi connectivity index (χ0v) is 70.8. The van der Waals surface area contributed by atoms with Crippen LogP contribution in [-0.2, 0) is 88.0 Å². The van der Waals surface area contributed by atoms with Gasteiger partial charge in [-0.2, -0.15) is 0 Å². The first-order valence-electron chi connectivity index (χ1n) is 40.4. The number of unbranched alkanes of at least 4 members (excludes halogenated alkanes) is 2. The summed E-state index contributed by atoms with van der Waals surface area (Å²) in [6.45, 7) is 18.5. The number of halogens is 1. The molecular formula is C84H121ClN18O17. The number of aliphatic hydroxyl groups excluding tert-OH is 1.